The quantitative estimate of drug-likeness (QED) is 0.592. The van der Waals surface area contributed by atoms with Crippen molar-refractivity contribution >= 4 is 23.0 Å². The number of nitro benzene ring substituents is 2. The van der Waals surface area contributed by atoms with Gasteiger partial charge in [-0.15, -0.1) is 0 Å². The number of hydrogen-bond donors (Lipinski definition) is 2. The van der Waals surface area contributed by atoms with Crippen LogP contribution in [0.5, 0.6) is 0 Å². The average Bonchev–Trinajstić information content (AvgIpc) is 2.27. The molecule has 0 saturated heterocycles. The fourth-order valence-corrected chi connectivity index (χ4v) is 1.57. The van der Waals surface area contributed by atoms with Crippen molar-refractivity contribution < 1.29 is 19.7 Å². The minimum Gasteiger partial charge on any atom is -0.481 e. The van der Waals surface area contributed by atoms with Crippen molar-refractivity contribution in [3.8, 4) is 0 Å². The number of carboxylic acid groups (broad SMARTS) is 1. The molecule has 0 saturated carbocycles. The number of hydrogen-bond acceptors (Lipinski definition) is 6. The Bertz CT molecular complexity index is 542. The topological polar surface area (TPSA) is 136 Å². The number of nitrogens with zero attached hydrogens (tertiary/aromatic N) is 2. The highest BCUT2D eigenvalue weighted by atomic mass is 16.6. The summed E-state index contributed by atoms with van der Waals surface area (Å²) in [7, 11) is 0. The summed E-state index contributed by atoms with van der Waals surface area (Å²) < 4.78 is 0. The summed E-state index contributed by atoms with van der Waals surface area (Å²) in [6.45, 7) is 1.27. The maximum atomic E-state index is 10.9. The molecule has 19 heavy (non-hydrogen) atoms. The number of rotatable bonds is 6. The van der Waals surface area contributed by atoms with Crippen LogP contribution in [0, 0.1) is 27.2 Å². The first-order valence-corrected chi connectivity index (χ1v) is 5.22. The number of aliphatic carboxylic acids is 1. The molecule has 0 bridgehead atoms. The standard InChI is InChI=1S/C10H11N3O6/c1-6-8(12(16)17)3-2-7(10(6)13(18)19)11-5-4-9(14)15/h2-3,11H,4-5H2,1H3,(H,14,15). The van der Waals surface area contributed by atoms with Crippen LogP contribution in [0.15, 0.2) is 12.1 Å². The SMILES string of the molecule is Cc1c([N+](=O)[O-])ccc(NCCC(=O)O)c1[N+](=O)[O-]. The highest BCUT2D eigenvalue weighted by molar-refractivity contribution is 5.72. The molecule has 1 aromatic carbocycles. The van der Waals surface area contributed by atoms with E-state index in [0.717, 1.165) is 6.07 Å². The predicted molar refractivity (Wildman–Crippen MR) is 65.2 cm³/mol. The van der Waals surface area contributed by atoms with Gasteiger partial charge in [0.15, 0.2) is 0 Å². The van der Waals surface area contributed by atoms with Gasteiger partial charge in [-0.3, -0.25) is 25.0 Å². The predicted octanol–water partition coefficient (Wildman–Crippen LogP) is 1.70. The maximum Gasteiger partial charge on any atom is 0.305 e. The molecule has 0 fully saturated rings. The fraction of sp³-hybridized carbons (Fsp3) is 0.300. The molecule has 0 aliphatic carbocycles. The largest absolute Gasteiger partial charge is 0.481 e. The van der Waals surface area contributed by atoms with Gasteiger partial charge in [0.25, 0.3) is 5.69 Å². The van der Waals surface area contributed by atoms with Gasteiger partial charge in [-0.25, -0.2) is 0 Å². The van der Waals surface area contributed by atoms with E-state index in [9.17, 15) is 25.0 Å². The second kappa shape index (κ2) is 5.76. The smallest absolute Gasteiger partial charge is 0.305 e. The Morgan fingerprint density at radius 3 is 2.42 bits per heavy atom. The van der Waals surface area contributed by atoms with Crippen LogP contribution in [0.25, 0.3) is 0 Å². The van der Waals surface area contributed by atoms with E-state index < -0.39 is 21.5 Å². The molecule has 0 heterocycles. The van der Waals surface area contributed by atoms with Gasteiger partial charge in [0.05, 0.1) is 16.3 Å². The molecule has 0 amide bonds. The lowest BCUT2D eigenvalue weighted by Gasteiger charge is -2.07. The molecule has 0 radical (unpaired) electrons. The second-order valence-corrected chi connectivity index (χ2v) is 3.69. The second-order valence-electron chi connectivity index (χ2n) is 3.69. The third-order valence-corrected chi connectivity index (χ3v) is 2.44. The molecule has 0 aromatic heterocycles. The molecule has 1 rings (SSSR count). The van der Waals surface area contributed by atoms with Gasteiger partial charge in [-0.1, -0.05) is 0 Å². The zero-order valence-corrected chi connectivity index (χ0v) is 9.95. The monoisotopic (exact) mass is 269 g/mol. The van der Waals surface area contributed by atoms with E-state index in [-0.39, 0.29) is 29.9 Å². The van der Waals surface area contributed by atoms with Crippen molar-refractivity contribution in [1.82, 2.24) is 0 Å². The first-order chi connectivity index (χ1) is 8.84. The Balaban J connectivity index is 3.11. The van der Waals surface area contributed by atoms with Gasteiger partial charge < -0.3 is 10.4 Å². The summed E-state index contributed by atoms with van der Waals surface area (Å²) in [4.78, 5) is 30.6. The Labute approximate surface area is 107 Å². The van der Waals surface area contributed by atoms with E-state index in [1.807, 2.05) is 0 Å². The Hall–Kier alpha value is -2.71. The minimum absolute atomic E-state index is 0.00652. The van der Waals surface area contributed by atoms with E-state index in [0.29, 0.717) is 0 Å². The van der Waals surface area contributed by atoms with Crippen LogP contribution < -0.4 is 5.32 Å². The number of carbonyl (C=O) groups is 1. The first-order valence-electron chi connectivity index (χ1n) is 5.22. The van der Waals surface area contributed by atoms with Crippen LogP contribution in [0.3, 0.4) is 0 Å². The average molecular weight is 269 g/mol. The van der Waals surface area contributed by atoms with Crippen molar-refractivity contribution in [2.45, 2.75) is 13.3 Å². The third-order valence-electron chi connectivity index (χ3n) is 2.44. The third kappa shape index (κ3) is 3.37. The number of benzene rings is 1. The van der Waals surface area contributed by atoms with Crippen LogP contribution >= 0.6 is 0 Å². The van der Waals surface area contributed by atoms with Crippen LogP contribution in [0.4, 0.5) is 17.1 Å². The van der Waals surface area contributed by atoms with Crippen LogP contribution in [-0.4, -0.2) is 27.5 Å². The Morgan fingerprint density at radius 2 is 1.95 bits per heavy atom. The van der Waals surface area contributed by atoms with E-state index >= 15 is 0 Å². The van der Waals surface area contributed by atoms with Crippen LogP contribution in [0.1, 0.15) is 12.0 Å². The Morgan fingerprint density at radius 1 is 1.32 bits per heavy atom. The van der Waals surface area contributed by atoms with E-state index in [4.69, 9.17) is 5.11 Å². The number of anilines is 1. The maximum absolute atomic E-state index is 10.9. The molecule has 0 atom stereocenters. The van der Waals surface area contributed by atoms with Crippen LogP contribution in [-0.2, 0) is 4.79 Å². The summed E-state index contributed by atoms with van der Waals surface area (Å²) in [6, 6.07) is 2.34. The highest BCUT2D eigenvalue weighted by Crippen LogP contribution is 2.34. The van der Waals surface area contributed by atoms with E-state index in [1.54, 1.807) is 0 Å². The van der Waals surface area contributed by atoms with Gasteiger partial charge >= 0.3 is 11.7 Å². The van der Waals surface area contributed by atoms with Gasteiger partial charge in [0.1, 0.15) is 11.3 Å². The summed E-state index contributed by atoms with van der Waals surface area (Å²) >= 11 is 0. The fourth-order valence-electron chi connectivity index (χ4n) is 1.57. The van der Waals surface area contributed by atoms with Crippen molar-refractivity contribution in [2.75, 3.05) is 11.9 Å². The minimum atomic E-state index is -1.05. The van der Waals surface area contributed by atoms with Crippen LogP contribution in [0.2, 0.25) is 0 Å². The molecular weight excluding hydrogens is 258 g/mol. The van der Waals surface area contributed by atoms with Crippen molar-refractivity contribution in [1.29, 1.82) is 0 Å². The Kier molecular flexibility index (Phi) is 4.35. The van der Waals surface area contributed by atoms with Crippen molar-refractivity contribution in [3.63, 3.8) is 0 Å². The molecular formula is C10H11N3O6. The molecule has 9 heteroatoms. The van der Waals surface area contributed by atoms with Gasteiger partial charge in [0.2, 0.25) is 0 Å². The lowest BCUT2D eigenvalue weighted by molar-refractivity contribution is -0.394. The first kappa shape index (κ1) is 14.4. The number of carboxylic acids is 1. The zero-order valence-electron chi connectivity index (χ0n) is 9.95. The van der Waals surface area contributed by atoms with Gasteiger partial charge in [0, 0.05) is 12.6 Å². The van der Waals surface area contributed by atoms with Gasteiger partial charge in [-0.2, -0.15) is 0 Å². The van der Waals surface area contributed by atoms with Gasteiger partial charge in [-0.05, 0) is 13.0 Å². The van der Waals surface area contributed by atoms with E-state index in [2.05, 4.69) is 5.32 Å². The van der Waals surface area contributed by atoms with Crippen molar-refractivity contribution in [2.24, 2.45) is 0 Å². The van der Waals surface area contributed by atoms with E-state index in [1.165, 1.54) is 13.0 Å². The van der Waals surface area contributed by atoms with Crippen molar-refractivity contribution in [3.05, 3.63) is 37.9 Å². The molecule has 0 unspecified atom stereocenters. The molecule has 0 aliphatic rings. The number of nitrogens with one attached hydrogen (secondary N) is 1. The molecule has 102 valence electrons. The molecule has 9 nitrogen and oxygen atoms in total. The lowest BCUT2D eigenvalue weighted by atomic mass is 10.1. The summed E-state index contributed by atoms with van der Waals surface area (Å²) in [5.74, 6) is -1.05. The number of nitro groups is 2. The zero-order chi connectivity index (χ0) is 14.6. The summed E-state index contributed by atoms with van der Waals surface area (Å²) in [6.07, 6.45) is -0.215. The molecule has 2 N–H and O–H groups in total. The molecule has 0 spiro atoms. The summed E-state index contributed by atoms with van der Waals surface area (Å²) in [5.41, 5.74) is -0.778. The lowest BCUT2D eigenvalue weighted by Crippen LogP contribution is -2.10. The molecule has 1 aromatic rings. The highest BCUT2D eigenvalue weighted by Gasteiger charge is 2.25. The molecule has 0 aliphatic heterocycles. The normalized spacial score (nSPS) is 9.95. The summed E-state index contributed by atoms with van der Waals surface area (Å²) in [5, 5.41) is 32.7.